The first kappa shape index (κ1) is 28.7. The van der Waals surface area contributed by atoms with Gasteiger partial charge in [0.2, 0.25) is 0 Å². The Morgan fingerprint density at radius 3 is 1.53 bits per heavy atom. The number of thiazole rings is 1. The fourth-order valence-electron chi connectivity index (χ4n) is 6.56. The van der Waals surface area contributed by atoms with Crippen molar-refractivity contribution in [2.75, 3.05) is 0 Å². The van der Waals surface area contributed by atoms with Crippen LogP contribution in [0, 0.1) is 11.3 Å². The van der Waals surface area contributed by atoms with E-state index in [1.165, 1.54) is 0 Å². The van der Waals surface area contributed by atoms with Crippen LogP contribution in [0.15, 0.2) is 158 Å². The lowest BCUT2D eigenvalue weighted by Gasteiger charge is -2.12. The van der Waals surface area contributed by atoms with Crippen molar-refractivity contribution in [2.24, 2.45) is 0 Å². The van der Waals surface area contributed by atoms with Gasteiger partial charge in [-0.25, -0.2) is 4.98 Å². The van der Waals surface area contributed by atoms with Gasteiger partial charge in [-0.1, -0.05) is 97.1 Å². The van der Waals surface area contributed by atoms with E-state index in [0.29, 0.717) is 5.56 Å². The Kier molecular flexibility index (Phi) is 7.01. The van der Waals surface area contributed by atoms with Crippen LogP contribution in [-0.4, -0.2) is 15.0 Å². The highest BCUT2D eigenvalue weighted by atomic mass is 32.1. The predicted octanol–water partition coefficient (Wildman–Crippen LogP) is 11.6. The van der Waals surface area contributed by atoms with Crippen LogP contribution in [0.3, 0.4) is 0 Å². The molecule has 0 saturated carbocycles. The van der Waals surface area contributed by atoms with Gasteiger partial charge in [0.1, 0.15) is 5.01 Å². The monoisotopic (exact) mass is 642 g/mol. The number of para-hydroxylation sites is 2. The van der Waals surface area contributed by atoms with Gasteiger partial charge in [0.05, 0.1) is 32.9 Å². The Morgan fingerprint density at radius 2 is 0.980 bits per heavy atom. The van der Waals surface area contributed by atoms with E-state index in [2.05, 4.69) is 131 Å². The molecular formula is C44H26N4S. The fourth-order valence-corrected chi connectivity index (χ4v) is 7.55. The molecule has 0 aliphatic heterocycles. The lowest BCUT2D eigenvalue weighted by atomic mass is 9.93. The molecule has 0 aliphatic carbocycles. The van der Waals surface area contributed by atoms with Crippen molar-refractivity contribution in [3.8, 4) is 61.1 Å². The number of nitriles is 1. The summed E-state index contributed by atoms with van der Waals surface area (Å²) < 4.78 is 1.00. The van der Waals surface area contributed by atoms with Crippen molar-refractivity contribution in [1.82, 2.24) is 15.0 Å². The first-order valence-electron chi connectivity index (χ1n) is 16.1. The van der Waals surface area contributed by atoms with Crippen molar-refractivity contribution >= 4 is 43.4 Å². The lowest BCUT2D eigenvalue weighted by Crippen LogP contribution is -1.88. The molecule has 49 heavy (non-hydrogen) atoms. The summed E-state index contributed by atoms with van der Waals surface area (Å²) in [4.78, 5) is 14.3. The van der Waals surface area contributed by atoms with Crippen molar-refractivity contribution < 1.29 is 0 Å². The van der Waals surface area contributed by atoms with Crippen LogP contribution in [0.5, 0.6) is 0 Å². The van der Waals surface area contributed by atoms with Crippen LogP contribution >= 0.6 is 11.3 Å². The molecule has 0 bridgehead atoms. The largest absolute Gasteiger partial charge is 0.256 e. The Balaban J connectivity index is 1.15. The zero-order valence-corrected chi connectivity index (χ0v) is 27.0. The van der Waals surface area contributed by atoms with E-state index in [1.54, 1.807) is 11.3 Å². The number of fused-ring (bicyclic) bond motifs is 3. The molecule has 0 amide bonds. The average Bonchev–Trinajstić information content (AvgIpc) is 3.61. The SMILES string of the molecule is N#Cc1ccc2nc(-c3cc(-c4ccc(-c5cccc6cccnc56)cc4)cc(-c4ccc(-c5cccc6cccnc56)cc4)c3)sc2c1. The smallest absolute Gasteiger partial charge is 0.124 e. The standard InChI is InChI=1S/C44H26N4S/c45-27-28-11-20-40-41(23-28)49-44(48-40)37-25-35(29-12-16-31(17-13-29)38-9-1-5-33-7-3-21-46-42(33)38)24-36(26-37)30-14-18-32(19-15-30)39-10-2-6-34-8-4-22-47-43(34)39/h1-26H. The molecule has 5 heteroatoms. The topological polar surface area (TPSA) is 62.5 Å². The minimum absolute atomic E-state index is 0.639. The maximum absolute atomic E-state index is 9.46. The molecule has 3 aromatic heterocycles. The summed E-state index contributed by atoms with van der Waals surface area (Å²) in [7, 11) is 0. The van der Waals surface area contributed by atoms with Crippen LogP contribution in [-0.2, 0) is 0 Å². The predicted molar refractivity (Wildman–Crippen MR) is 202 cm³/mol. The van der Waals surface area contributed by atoms with Gasteiger partial charge in [0, 0.05) is 39.9 Å². The lowest BCUT2D eigenvalue weighted by molar-refractivity contribution is 1.41. The van der Waals surface area contributed by atoms with Crippen LogP contribution < -0.4 is 0 Å². The second-order valence-electron chi connectivity index (χ2n) is 12.0. The minimum Gasteiger partial charge on any atom is -0.256 e. The molecule has 0 atom stereocenters. The van der Waals surface area contributed by atoms with E-state index < -0.39 is 0 Å². The number of aromatic nitrogens is 3. The van der Waals surface area contributed by atoms with E-state index >= 15 is 0 Å². The van der Waals surface area contributed by atoms with E-state index in [9.17, 15) is 5.26 Å². The number of nitrogens with zero attached hydrogens (tertiary/aromatic N) is 4. The van der Waals surface area contributed by atoms with Gasteiger partial charge >= 0.3 is 0 Å². The van der Waals surface area contributed by atoms with Crippen LogP contribution in [0.1, 0.15) is 5.56 Å². The third kappa shape index (κ3) is 5.31. The minimum atomic E-state index is 0.639. The Hall–Kier alpha value is -6.48. The Bertz CT molecular complexity index is 2570. The van der Waals surface area contributed by atoms with Gasteiger partial charge in [-0.3, -0.25) is 9.97 Å². The number of hydrogen-bond acceptors (Lipinski definition) is 5. The quantitative estimate of drug-likeness (QED) is 0.187. The summed E-state index contributed by atoms with van der Waals surface area (Å²) in [5, 5.41) is 12.6. The molecule has 0 fully saturated rings. The molecule has 0 aliphatic rings. The van der Waals surface area contributed by atoms with Crippen molar-refractivity contribution in [3.05, 3.63) is 164 Å². The summed E-state index contributed by atoms with van der Waals surface area (Å²) in [5.74, 6) is 0. The van der Waals surface area contributed by atoms with Crippen LogP contribution in [0.2, 0.25) is 0 Å². The van der Waals surface area contributed by atoms with Gasteiger partial charge in [-0.15, -0.1) is 11.3 Å². The molecule has 6 aromatic carbocycles. The highest BCUT2D eigenvalue weighted by Gasteiger charge is 2.13. The normalized spacial score (nSPS) is 11.2. The van der Waals surface area contributed by atoms with Crippen molar-refractivity contribution in [3.63, 3.8) is 0 Å². The first-order valence-corrected chi connectivity index (χ1v) is 16.9. The molecule has 228 valence electrons. The zero-order chi connectivity index (χ0) is 32.7. The summed E-state index contributed by atoms with van der Waals surface area (Å²) in [6.45, 7) is 0. The Labute approximate surface area is 287 Å². The van der Waals surface area contributed by atoms with E-state index in [-0.39, 0.29) is 0 Å². The van der Waals surface area contributed by atoms with Gasteiger partial charge in [-0.05, 0) is 81.9 Å². The Morgan fingerprint density at radius 1 is 0.469 bits per heavy atom. The van der Waals surface area contributed by atoms with E-state index in [0.717, 1.165) is 87.1 Å². The van der Waals surface area contributed by atoms with E-state index in [4.69, 9.17) is 4.98 Å². The summed E-state index contributed by atoms with van der Waals surface area (Å²) in [5.41, 5.74) is 13.5. The van der Waals surface area contributed by atoms with Crippen LogP contribution in [0.4, 0.5) is 0 Å². The summed E-state index contributed by atoms with van der Waals surface area (Å²) in [6.07, 6.45) is 3.70. The third-order valence-electron chi connectivity index (χ3n) is 9.02. The molecule has 0 radical (unpaired) electrons. The maximum Gasteiger partial charge on any atom is 0.124 e. The fraction of sp³-hybridized carbons (Fsp3) is 0. The zero-order valence-electron chi connectivity index (χ0n) is 26.2. The van der Waals surface area contributed by atoms with E-state index in [1.807, 2.05) is 42.7 Å². The highest BCUT2D eigenvalue weighted by molar-refractivity contribution is 7.21. The molecule has 9 rings (SSSR count). The van der Waals surface area contributed by atoms with Gasteiger partial charge in [0.15, 0.2) is 0 Å². The molecule has 0 N–H and O–H groups in total. The summed E-state index contributed by atoms with van der Waals surface area (Å²) >= 11 is 1.61. The van der Waals surface area contributed by atoms with Gasteiger partial charge < -0.3 is 0 Å². The number of rotatable bonds is 5. The number of hydrogen-bond donors (Lipinski definition) is 0. The molecule has 0 unspecified atom stereocenters. The highest BCUT2D eigenvalue weighted by Crippen LogP contribution is 2.38. The van der Waals surface area contributed by atoms with Gasteiger partial charge in [-0.2, -0.15) is 5.26 Å². The molecule has 3 heterocycles. The average molecular weight is 643 g/mol. The summed E-state index contributed by atoms with van der Waals surface area (Å²) in [6, 6.07) is 52.9. The molecule has 4 nitrogen and oxygen atoms in total. The van der Waals surface area contributed by atoms with Crippen molar-refractivity contribution in [1.29, 1.82) is 5.26 Å². The second-order valence-corrected chi connectivity index (χ2v) is 13.1. The second kappa shape index (κ2) is 12.0. The third-order valence-corrected chi connectivity index (χ3v) is 10.1. The molecule has 0 saturated heterocycles. The van der Waals surface area contributed by atoms with Gasteiger partial charge in [0.25, 0.3) is 0 Å². The first-order chi connectivity index (χ1) is 24.2. The molecule has 9 aromatic rings. The number of pyridine rings is 2. The number of benzene rings is 6. The van der Waals surface area contributed by atoms with Crippen LogP contribution in [0.25, 0.3) is 87.1 Å². The van der Waals surface area contributed by atoms with Crippen molar-refractivity contribution in [2.45, 2.75) is 0 Å². The maximum atomic E-state index is 9.46. The molecule has 0 spiro atoms. The molecular weight excluding hydrogens is 617 g/mol.